The molecule has 0 atom stereocenters. The maximum atomic E-state index is 13.4. The zero-order valence-corrected chi connectivity index (χ0v) is 11.6. The molecule has 0 aliphatic heterocycles. The van der Waals surface area contributed by atoms with E-state index >= 15 is 0 Å². The number of aryl methyl sites for hydroxylation is 1. The quantitative estimate of drug-likeness (QED) is 0.905. The number of rotatable bonds is 3. The van der Waals surface area contributed by atoms with Crippen LogP contribution in [-0.4, -0.2) is 18.6 Å². The molecule has 1 aromatic heterocycles. The summed E-state index contributed by atoms with van der Waals surface area (Å²) in [5.41, 5.74) is 0.789. The van der Waals surface area contributed by atoms with Crippen molar-refractivity contribution in [3.63, 3.8) is 0 Å². The number of benzene rings is 1. The molecule has 0 unspecified atom stereocenters. The zero-order chi connectivity index (χ0) is 13.3. The van der Waals surface area contributed by atoms with Gasteiger partial charge in [-0.25, -0.2) is 4.39 Å². The van der Waals surface area contributed by atoms with Crippen molar-refractivity contribution >= 4 is 31.6 Å². The van der Waals surface area contributed by atoms with Crippen molar-refractivity contribution in [1.29, 1.82) is 0 Å². The number of H-pyrrole nitrogens is 1. The van der Waals surface area contributed by atoms with Gasteiger partial charge in [-0.2, -0.15) is 13.5 Å². The molecule has 0 amide bonds. The molecule has 2 aromatic rings. The highest BCUT2D eigenvalue weighted by Gasteiger charge is 2.17. The van der Waals surface area contributed by atoms with Gasteiger partial charge in [-0.15, -0.1) is 0 Å². The molecular formula is C10H9BrFN3O2S. The van der Waals surface area contributed by atoms with E-state index < -0.39 is 15.8 Å². The van der Waals surface area contributed by atoms with Crippen molar-refractivity contribution in [1.82, 2.24) is 10.2 Å². The predicted molar refractivity (Wildman–Crippen MR) is 68.2 cm³/mol. The third-order valence-electron chi connectivity index (χ3n) is 2.28. The summed E-state index contributed by atoms with van der Waals surface area (Å²) in [6, 6.07) is 3.93. The topological polar surface area (TPSA) is 74.8 Å². The number of halogens is 2. The number of aromatic nitrogens is 2. The van der Waals surface area contributed by atoms with Crippen LogP contribution in [0.15, 0.2) is 33.9 Å². The molecule has 0 aliphatic carbocycles. The number of nitrogens with zero attached hydrogens (tertiary/aromatic N) is 1. The standard InChI is InChI=1S/C10H9BrFN3O2S/c1-6-4-7(11)8(12)5-9(6)15-18(16,17)10-2-3-13-14-10/h2-5,15H,1H3,(H,13,14). The highest BCUT2D eigenvalue weighted by molar-refractivity contribution is 9.10. The van der Waals surface area contributed by atoms with Crippen molar-refractivity contribution in [3.8, 4) is 0 Å². The normalized spacial score (nSPS) is 11.5. The van der Waals surface area contributed by atoms with Crippen LogP contribution in [0.3, 0.4) is 0 Å². The Hall–Kier alpha value is -1.41. The number of sulfonamides is 1. The third-order valence-corrected chi connectivity index (χ3v) is 4.18. The van der Waals surface area contributed by atoms with Crippen molar-refractivity contribution < 1.29 is 12.8 Å². The van der Waals surface area contributed by atoms with E-state index in [-0.39, 0.29) is 15.2 Å². The summed E-state index contributed by atoms with van der Waals surface area (Å²) in [6.45, 7) is 1.68. The molecule has 0 spiro atoms. The van der Waals surface area contributed by atoms with Gasteiger partial charge in [0.25, 0.3) is 10.0 Å². The minimum atomic E-state index is -3.77. The van der Waals surface area contributed by atoms with Gasteiger partial charge < -0.3 is 0 Å². The second kappa shape index (κ2) is 4.69. The van der Waals surface area contributed by atoms with E-state index in [4.69, 9.17) is 0 Å². The van der Waals surface area contributed by atoms with E-state index in [2.05, 4.69) is 30.8 Å². The summed E-state index contributed by atoms with van der Waals surface area (Å²) in [5, 5.41) is 5.82. The van der Waals surface area contributed by atoms with Crippen molar-refractivity contribution in [3.05, 3.63) is 40.2 Å². The highest BCUT2D eigenvalue weighted by atomic mass is 79.9. The predicted octanol–water partition coefficient (Wildman–Crippen LogP) is 2.42. The molecule has 1 aromatic carbocycles. The van der Waals surface area contributed by atoms with Crippen LogP contribution < -0.4 is 4.72 Å². The molecule has 5 nitrogen and oxygen atoms in total. The van der Waals surface area contributed by atoms with Gasteiger partial charge in [-0.3, -0.25) is 9.82 Å². The maximum Gasteiger partial charge on any atom is 0.278 e. The number of aromatic amines is 1. The van der Waals surface area contributed by atoms with E-state index in [1.807, 2.05) is 0 Å². The fourth-order valence-electron chi connectivity index (χ4n) is 1.35. The number of hydrogen-bond acceptors (Lipinski definition) is 3. The summed E-state index contributed by atoms with van der Waals surface area (Å²) in [7, 11) is -3.77. The Morgan fingerprint density at radius 3 is 2.78 bits per heavy atom. The van der Waals surface area contributed by atoms with E-state index in [1.54, 1.807) is 6.92 Å². The summed E-state index contributed by atoms with van der Waals surface area (Å²) in [5.74, 6) is -0.539. The molecule has 0 radical (unpaired) electrons. The molecule has 1 heterocycles. The molecule has 2 N–H and O–H groups in total. The average molecular weight is 334 g/mol. The zero-order valence-electron chi connectivity index (χ0n) is 9.24. The lowest BCUT2D eigenvalue weighted by Crippen LogP contribution is -2.14. The lowest BCUT2D eigenvalue weighted by atomic mass is 10.2. The fraction of sp³-hybridized carbons (Fsp3) is 0.100. The van der Waals surface area contributed by atoms with E-state index in [0.29, 0.717) is 5.56 Å². The maximum absolute atomic E-state index is 13.4. The average Bonchev–Trinajstić information content (AvgIpc) is 2.79. The van der Waals surface area contributed by atoms with Gasteiger partial charge in [0, 0.05) is 0 Å². The Kier molecular flexibility index (Phi) is 3.40. The minimum Gasteiger partial charge on any atom is -0.278 e. The fourth-order valence-corrected chi connectivity index (χ4v) is 2.84. The molecule has 0 aliphatic rings. The van der Waals surface area contributed by atoms with Crippen molar-refractivity contribution in [2.75, 3.05) is 4.72 Å². The third kappa shape index (κ3) is 2.54. The Bertz CT molecular complexity index is 671. The van der Waals surface area contributed by atoms with Crippen LogP contribution in [0.4, 0.5) is 10.1 Å². The second-order valence-corrected chi connectivity index (χ2v) is 6.11. The van der Waals surface area contributed by atoms with E-state index in [0.717, 1.165) is 6.07 Å². The lowest BCUT2D eigenvalue weighted by molar-refractivity contribution is 0.597. The van der Waals surface area contributed by atoms with Crippen molar-refractivity contribution in [2.45, 2.75) is 11.9 Å². The summed E-state index contributed by atoms with van der Waals surface area (Å²) >= 11 is 3.03. The summed E-state index contributed by atoms with van der Waals surface area (Å²) in [4.78, 5) is 0. The lowest BCUT2D eigenvalue weighted by Gasteiger charge is -2.10. The Morgan fingerprint density at radius 2 is 2.17 bits per heavy atom. The largest absolute Gasteiger partial charge is 0.278 e. The second-order valence-electron chi connectivity index (χ2n) is 3.61. The van der Waals surface area contributed by atoms with Crippen LogP contribution >= 0.6 is 15.9 Å². The summed E-state index contributed by atoms with van der Waals surface area (Å²) in [6.07, 6.45) is 1.32. The Balaban J connectivity index is 2.39. The molecular weight excluding hydrogens is 325 g/mol. The van der Waals surface area contributed by atoms with Gasteiger partial charge in [0.1, 0.15) is 5.82 Å². The van der Waals surface area contributed by atoms with Crippen LogP contribution in [0, 0.1) is 12.7 Å². The number of nitrogens with one attached hydrogen (secondary N) is 2. The van der Waals surface area contributed by atoms with Gasteiger partial charge >= 0.3 is 0 Å². The van der Waals surface area contributed by atoms with Crippen LogP contribution in [0.25, 0.3) is 0 Å². The van der Waals surface area contributed by atoms with Crippen LogP contribution in [-0.2, 0) is 10.0 Å². The first-order chi connectivity index (χ1) is 8.40. The molecule has 8 heteroatoms. The first-order valence-electron chi connectivity index (χ1n) is 4.88. The van der Waals surface area contributed by atoms with Gasteiger partial charge in [0.15, 0.2) is 5.03 Å². The van der Waals surface area contributed by atoms with Crippen LogP contribution in [0.2, 0.25) is 0 Å². The molecule has 0 fully saturated rings. The van der Waals surface area contributed by atoms with E-state index in [9.17, 15) is 12.8 Å². The molecule has 96 valence electrons. The first kappa shape index (κ1) is 13.0. The molecule has 2 rings (SSSR count). The number of hydrogen-bond donors (Lipinski definition) is 2. The molecule has 0 bridgehead atoms. The van der Waals surface area contributed by atoms with Gasteiger partial charge in [-0.05, 0) is 46.6 Å². The Labute approximate surface area is 112 Å². The van der Waals surface area contributed by atoms with Gasteiger partial charge in [-0.1, -0.05) is 0 Å². The molecule has 0 saturated carbocycles. The molecule has 0 saturated heterocycles. The van der Waals surface area contributed by atoms with E-state index in [1.165, 1.54) is 18.3 Å². The van der Waals surface area contributed by atoms with Crippen LogP contribution in [0.1, 0.15) is 5.56 Å². The first-order valence-corrected chi connectivity index (χ1v) is 7.15. The molecule has 18 heavy (non-hydrogen) atoms. The van der Waals surface area contributed by atoms with Gasteiger partial charge in [0.2, 0.25) is 0 Å². The number of anilines is 1. The van der Waals surface area contributed by atoms with Crippen molar-refractivity contribution in [2.24, 2.45) is 0 Å². The van der Waals surface area contributed by atoms with Gasteiger partial charge in [0.05, 0.1) is 16.4 Å². The SMILES string of the molecule is Cc1cc(Br)c(F)cc1NS(=O)(=O)c1ccn[nH]1. The monoisotopic (exact) mass is 333 g/mol. The van der Waals surface area contributed by atoms with Crippen LogP contribution in [0.5, 0.6) is 0 Å². The smallest absolute Gasteiger partial charge is 0.278 e. The minimum absolute atomic E-state index is 0.0785. The highest BCUT2D eigenvalue weighted by Crippen LogP contribution is 2.25. The Morgan fingerprint density at radius 1 is 1.44 bits per heavy atom. The summed E-state index contributed by atoms with van der Waals surface area (Å²) < 4.78 is 39.7.